The number of fused-ring (bicyclic) bond motifs is 1. The molecule has 0 saturated heterocycles. The summed E-state index contributed by atoms with van der Waals surface area (Å²) in [5.74, 6) is -0.0425. The molecule has 124 valence electrons. The van der Waals surface area contributed by atoms with Gasteiger partial charge >= 0.3 is 0 Å². The topological polar surface area (TPSA) is 46.4 Å². The molecule has 1 aliphatic carbocycles. The number of rotatable bonds is 3. The van der Waals surface area contributed by atoms with Crippen LogP contribution in [0.4, 0.5) is 0 Å². The van der Waals surface area contributed by atoms with Crippen LogP contribution in [0.2, 0.25) is 0 Å². The van der Waals surface area contributed by atoms with Gasteiger partial charge in [-0.05, 0) is 18.4 Å². The number of nitrogens with one attached hydrogen (secondary N) is 1. The summed E-state index contributed by atoms with van der Waals surface area (Å²) in [5.41, 5.74) is 1.70. The smallest absolute Gasteiger partial charge is 0.271 e. The summed E-state index contributed by atoms with van der Waals surface area (Å²) in [6.07, 6.45) is 11.1. The summed E-state index contributed by atoms with van der Waals surface area (Å²) in [5, 5.41) is 3.16. The molecule has 5 heteroatoms. The van der Waals surface area contributed by atoms with E-state index in [9.17, 15) is 4.79 Å². The summed E-state index contributed by atoms with van der Waals surface area (Å²) < 4.78 is 1.95. The van der Waals surface area contributed by atoms with Crippen LogP contribution in [0, 0.1) is 0 Å². The highest BCUT2D eigenvalue weighted by molar-refractivity contribution is 7.20. The van der Waals surface area contributed by atoms with E-state index in [0.717, 1.165) is 22.7 Å². The van der Waals surface area contributed by atoms with E-state index in [1.165, 1.54) is 31.2 Å². The first-order chi connectivity index (χ1) is 11.8. The van der Waals surface area contributed by atoms with E-state index < -0.39 is 0 Å². The van der Waals surface area contributed by atoms with Crippen LogP contribution in [0.5, 0.6) is 0 Å². The molecule has 0 atom stereocenters. The molecule has 4 rings (SSSR count). The number of thiazole rings is 1. The Kier molecular flexibility index (Phi) is 4.34. The Balaban J connectivity index is 1.50. The SMILES string of the molecule is O=C(NC1CCCCCC1)c1cn2cc(-c3ccccc3)sc2n1. The van der Waals surface area contributed by atoms with E-state index in [1.54, 1.807) is 11.3 Å². The van der Waals surface area contributed by atoms with Crippen LogP contribution < -0.4 is 5.32 Å². The van der Waals surface area contributed by atoms with Crippen molar-refractivity contribution >= 4 is 22.2 Å². The molecular weight excluding hydrogens is 318 g/mol. The van der Waals surface area contributed by atoms with Gasteiger partial charge in [0.25, 0.3) is 5.91 Å². The zero-order valence-electron chi connectivity index (χ0n) is 13.6. The highest BCUT2D eigenvalue weighted by atomic mass is 32.1. The summed E-state index contributed by atoms with van der Waals surface area (Å²) in [6.45, 7) is 0. The van der Waals surface area contributed by atoms with Gasteiger partial charge in [-0.2, -0.15) is 0 Å². The molecule has 0 radical (unpaired) electrons. The Morgan fingerprint density at radius 2 is 1.83 bits per heavy atom. The molecule has 1 amide bonds. The van der Waals surface area contributed by atoms with Crippen molar-refractivity contribution < 1.29 is 4.79 Å². The predicted octanol–water partition coefficient (Wildman–Crippen LogP) is 4.52. The zero-order chi connectivity index (χ0) is 16.4. The van der Waals surface area contributed by atoms with Gasteiger partial charge < -0.3 is 5.32 Å². The third-order valence-electron chi connectivity index (χ3n) is 4.64. The van der Waals surface area contributed by atoms with Gasteiger partial charge in [0.15, 0.2) is 4.96 Å². The summed E-state index contributed by atoms with van der Waals surface area (Å²) >= 11 is 1.61. The molecule has 4 nitrogen and oxygen atoms in total. The van der Waals surface area contributed by atoms with Gasteiger partial charge in [0.1, 0.15) is 5.69 Å². The predicted molar refractivity (Wildman–Crippen MR) is 97.5 cm³/mol. The summed E-state index contributed by atoms with van der Waals surface area (Å²) in [6, 6.07) is 10.6. The molecule has 3 aromatic rings. The minimum Gasteiger partial charge on any atom is -0.348 e. The van der Waals surface area contributed by atoms with Crippen LogP contribution in [0.15, 0.2) is 42.7 Å². The largest absolute Gasteiger partial charge is 0.348 e. The van der Waals surface area contributed by atoms with Gasteiger partial charge in [-0.15, -0.1) is 0 Å². The van der Waals surface area contributed by atoms with Gasteiger partial charge in [0.2, 0.25) is 0 Å². The van der Waals surface area contributed by atoms with Crippen LogP contribution in [0.25, 0.3) is 15.4 Å². The number of benzene rings is 1. The fourth-order valence-corrected chi connectivity index (χ4v) is 4.30. The molecule has 1 saturated carbocycles. The minimum absolute atomic E-state index is 0.0425. The maximum absolute atomic E-state index is 12.5. The Morgan fingerprint density at radius 1 is 1.08 bits per heavy atom. The number of carbonyl (C=O) groups excluding carboxylic acids is 1. The lowest BCUT2D eigenvalue weighted by atomic mass is 10.1. The minimum atomic E-state index is -0.0425. The third kappa shape index (κ3) is 3.22. The Hall–Kier alpha value is -2.14. The van der Waals surface area contributed by atoms with Crippen LogP contribution in [-0.2, 0) is 0 Å². The second kappa shape index (κ2) is 6.77. The van der Waals surface area contributed by atoms with E-state index >= 15 is 0 Å². The maximum Gasteiger partial charge on any atom is 0.271 e. The van der Waals surface area contributed by atoms with E-state index in [0.29, 0.717) is 11.7 Å². The Labute approximate surface area is 145 Å². The highest BCUT2D eigenvalue weighted by Crippen LogP contribution is 2.28. The standard InChI is InChI=1S/C19H21N3OS/c23-18(20-15-10-6-1-2-7-11-15)16-12-22-13-17(24-19(22)21-16)14-8-4-3-5-9-14/h3-5,8-9,12-13,15H,1-2,6-7,10-11H2,(H,20,23). The second-order valence-corrected chi connectivity index (χ2v) is 7.45. The van der Waals surface area contributed by atoms with Crippen molar-refractivity contribution in [1.29, 1.82) is 0 Å². The molecule has 1 fully saturated rings. The van der Waals surface area contributed by atoms with Crippen LogP contribution in [0.1, 0.15) is 49.0 Å². The van der Waals surface area contributed by atoms with Crippen molar-refractivity contribution in [3.05, 3.63) is 48.4 Å². The maximum atomic E-state index is 12.5. The molecule has 0 bridgehead atoms. The number of hydrogen-bond donors (Lipinski definition) is 1. The number of hydrogen-bond acceptors (Lipinski definition) is 3. The first-order valence-electron chi connectivity index (χ1n) is 8.64. The quantitative estimate of drug-likeness (QED) is 0.713. The van der Waals surface area contributed by atoms with Crippen molar-refractivity contribution in [3.63, 3.8) is 0 Å². The molecule has 24 heavy (non-hydrogen) atoms. The number of imidazole rings is 1. The first-order valence-corrected chi connectivity index (χ1v) is 9.46. The fourth-order valence-electron chi connectivity index (χ4n) is 3.32. The molecule has 0 unspecified atom stereocenters. The van der Waals surface area contributed by atoms with Crippen molar-refractivity contribution in [2.75, 3.05) is 0 Å². The third-order valence-corrected chi connectivity index (χ3v) is 5.68. The number of amides is 1. The van der Waals surface area contributed by atoms with E-state index in [-0.39, 0.29) is 5.91 Å². The van der Waals surface area contributed by atoms with Gasteiger partial charge in [-0.25, -0.2) is 4.98 Å². The molecule has 1 N–H and O–H groups in total. The summed E-state index contributed by atoms with van der Waals surface area (Å²) in [7, 11) is 0. The average molecular weight is 339 g/mol. The van der Waals surface area contributed by atoms with Crippen molar-refractivity contribution in [3.8, 4) is 10.4 Å². The Morgan fingerprint density at radius 3 is 2.54 bits per heavy atom. The fraction of sp³-hybridized carbons (Fsp3) is 0.368. The molecular formula is C19H21N3OS. The van der Waals surface area contributed by atoms with Crippen LogP contribution in [-0.4, -0.2) is 21.3 Å². The summed E-state index contributed by atoms with van der Waals surface area (Å²) in [4.78, 5) is 19.0. The number of carbonyl (C=O) groups is 1. The lowest BCUT2D eigenvalue weighted by molar-refractivity contribution is 0.0929. The molecule has 2 aromatic heterocycles. The average Bonchev–Trinajstić information content (AvgIpc) is 3.07. The lowest BCUT2D eigenvalue weighted by Crippen LogP contribution is -2.34. The molecule has 0 aliphatic heterocycles. The van der Waals surface area contributed by atoms with Gasteiger partial charge in [-0.3, -0.25) is 9.20 Å². The van der Waals surface area contributed by atoms with Gasteiger partial charge in [-0.1, -0.05) is 67.4 Å². The van der Waals surface area contributed by atoms with E-state index in [2.05, 4.69) is 22.4 Å². The molecule has 2 heterocycles. The lowest BCUT2D eigenvalue weighted by Gasteiger charge is -2.14. The first kappa shape index (κ1) is 15.4. The second-order valence-electron chi connectivity index (χ2n) is 6.44. The molecule has 0 spiro atoms. The van der Waals surface area contributed by atoms with Crippen molar-refractivity contribution in [1.82, 2.24) is 14.7 Å². The van der Waals surface area contributed by atoms with E-state index in [1.807, 2.05) is 35.0 Å². The van der Waals surface area contributed by atoms with Crippen molar-refractivity contribution in [2.24, 2.45) is 0 Å². The number of aromatic nitrogens is 2. The van der Waals surface area contributed by atoms with Crippen molar-refractivity contribution in [2.45, 2.75) is 44.6 Å². The zero-order valence-corrected chi connectivity index (χ0v) is 14.4. The van der Waals surface area contributed by atoms with Crippen LogP contribution >= 0.6 is 11.3 Å². The van der Waals surface area contributed by atoms with Gasteiger partial charge in [0, 0.05) is 18.4 Å². The highest BCUT2D eigenvalue weighted by Gasteiger charge is 2.18. The number of nitrogens with zero attached hydrogens (tertiary/aromatic N) is 2. The van der Waals surface area contributed by atoms with Gasteiger partial charge in [0.05, 0.1) is 4.88 Å². The normalized spacial score (nSPS) is 16.2. The Bertz CT molecular complexity index is 797. The van der Waals surface area contributed by atoms with Crippen LogP contribution in [0.3, 0.4) is 0 Å². The molecule has 1 aliphatic rings. The van der Waals surface area contributed by atoms with E-state index in [4.69, 9.17) is 0 Å². The monoisotopic (exact) mass is 339 g/mol. The molecule has 1 aromatic carbocycles.